The van der Waals surface area contributed by atoms with Gasteiger partial charge >= 0.3 is 0 Å². The van der Waals surface area contributed by atoms with Crippen LogP contribution in [-0.4, -0.2) is 33.4 Å². The summed E-state index contributed by atoms with van der Waals surface area (Å²) in [5, 5.41) is 0. The van der Waals surface area contributed by atoms with Crippen molar-refractivity contribution >= 4 is 16.9 Å². The topological polar surface area (TPSA) is 64.2 Å². The van der Waals surface area contributed by atoms with Gasteiger partial charge in [-0.25, -0.2) is 9.37 Å². The Balaban J connectivity index is 1.91. The zero-order valence-corrected chi connectivity index (χ0v) is 21.5. The minimum absolute atomic E-state index is 0.0514. The summed E-state index contributed by atoms with van der Waals surface area (Å²) in [6.07, 6.45) is 0.675. The summed E-state index contributed by atoms with van der Waals surface area (Å²) in [6, 6.07) is 21.8. The molecule has 188 valence electrons. The quantitative estimate of drug-likeness (QED) is 0.327. The summed E-state index contributed by atoms with van der Waals surface area (Å²) < 4.78 is 16.2. The Morgan fingerprint density at radius 3 is 2.47 bits per heavy atom. The molecule has 0 radical (unpaired) electrons. The van der Waals surface area contributed by atoms with E-state index in [-0.39, 0.29) is 23.2 Å². The monoisotopic (exact) mass is 486 g/mol. The van der Waals surface area contributed by atoms with E-state index in [1.807, 2.05) is 48.2 Å². The molecule has 0 aliphatic carbocycles. The lowest BCUT2D eigenvalue weighted by molar-refractivity contribution is 0.0483. The molecule has 0 aliphatic heterocycles. The Kier molecular flexibility index (Phi) is 7.55. The van der Waals surface area contributed by atoms with Crippen molar-refractivity contribution in [2.24, 2.45) is 11.1 Å². The molecule has 6 heteroatoms. The predicted octanol–water partition coefficient (Wildman–Crippen LogP) is 6.11. The maximum atomic E-state index is 14.1. The lowest BCUT2D eigenvalue weighted by Crippen LogP contribution is -2.43. The van der Waals surface area contributed by atoms with Gasteiger partial charge in [-0.3, -0.25) is 4.79 Å². The van der Waals surface area contributed by atoms with Gasteiger partial charge in [0.2, 0.25) is 0 Å². The maximum Gasteiger partial charge on any atom is 0.254 e. The summed E-state index contributed by atoms with van der Waals surface area (Å²) >= 11 is 0. The second-order valence-electron chi connectivity index (χ2n) is 10.5. The lowest BCUT2D eigenvalue weighted by atomic mass is 9.84. The number of nitrogens with zero attached hydrogens (tertiary/aromatic N) is 3. The van der Waals surface area contributed by atoms with Crippen LogP contribution < -0.4 is 5.73 Å². The Bertz CT molecular complexity index is 1340. The van der Waals surface area contributed by atoms with Gasteiger partial charge in [-0.2, -0.15) is 0 Å². The zero-order valence-electron chi connectivity index (χ0n) is 21.5. The molecule has 4 aromatic rings. The fourth-order valence-electron chi connectivity index (χ4n) is 4.80. The SMILES string of the molecule is Cc1ccc2c(c1)nc(C(N(CCCN)C(=O)c1ccccc1)C(C)(C)C)n2Cc1cccc(F)c1. The maximum absolute atomic E-state index is 14.1. The molecule has 36 heavy (non-hydrogen) atoms. The number of nitrogens with two attached hydrogens (primary N) is 1. The Morgan fingerprint density at radius 1 is 1.06 bits per heavy atom. The number of halogens is 1. The molecule has 0 saturated carbocycles. The van der Waals surface area contributed by atoms with Crippen molar-refractivity contribution in [2.75, 3.05) is 13.1 Å². The number of fused-ring (bicyclic) bond motifs is 1. The third-order valence-corrected chi connectivity index (χ3v) is 6.42. The zero-order chi connectivity index (χ0) is 25.9. The molecule has 4 rings (SSSR count). The number of imidazole rings is 1. The van der Waals surface area contributed by atoms with Crippen molar-refractivity contribution in [3.8, 4) is 0 Å². The van der Waals surface area contributed by atoms with E-state index in [2.05, 4.69) is 43.5 Å². The number of aryl methyl sites for hydroxylation is 1. The number of hydrogen-bond acceptors (Lipinski definition) is 3. The van der Waals surface area contributed by atoms with Crippen molar-refractivity contribution in [3.05, 3.63) is 101 Å². The second kappa shape index (κ2) is 10.6. The van der Waals surface area contributed by atoms with Gasteiger partial charge in [0.1, 0.15) is 11.6 Å². The highest BCUT2D eigenvalue weighted by atomic mass is 19.1. The van der Waals surface area contributed by atoms with E-state index in [0.717, 1.165) is 28.0 Å². The van der Waals surface area contributed by atoms with Crippen molar-refractivity contribution < 1.29 is 9.18 Å². The van der Waals surface area contributed by atoms with E-state index in [0.29, 0.717) is 31.6 Å². The first kappa shape index (κ1) is 25.6. The number of aromatic nitrogens is 2. The van der Waals surface area contributed by atoms with Gasteiger partial charge in [-0.15, -0.1) is 0 Å². The minimum Gasteiger partial charge on any atom is -0.330 e. The number of benzene rings is 3. The van der Waals surface area contributed by atoms with Gasteiger partial charge in [-0.1, -0.05) is 57.2 Å². The fraction of sp³-hybridized carbons (Fsp3) is 0.333. The normalized spacial score (nSPS) is 12.6. The first-order valence-electron chi connectivity index (χ1n) is 12.5. The van der Waals surface area contributed by atoms with Crippen molar-refractivity contribution in [1.82, 2.24) is 14.5 Å². The van der Waals surface area contributed by atoms with E-state index < -0.39 is 0 Å². The second-order valence-corrected chi connectivity index (χ2v) is 10.5. The van der Waals surface area contributed by atoms with Crippen molar-refractivity contribution in [3.63, 3.8) is 0 Å². The highest BCUT2D eigenvalue weighted by molar-refractivity contribution is 5.94. The summed E-state index contributed by atoms with van der Waals surface area (Å²) in [7, 11) is 0. The van der Waals surface area contributed by atoms with Crippen LogP contribution >= 0.6 is 0 Å². The number of carbonyl (C=O) groups is 1. The van der Waals surface area contributed by atoms with Crippen LogP contribution in [0.1, 0.15) is 60.5 Å². The van der Waals surface area contributed by atoms with Crippen LogP contribution in [0.15, 0.2) is 72.8 Å². The predicted molar refractivity (Wildman–Crippen MR) is 143 cm³/mol. The average molecular weight is 487 g/mol. The first-order chi connectivity index (χ1) is 17.2. The average Bonchev–Trinajstić information content (AvgIpc) is 3.17. The highest BCUT2D eigenvalue weighted by Crippen LogP contribution is 2.40. The lowest BCUT2D eigenvalue weighted by Gasteiger charge is -2.40. The van der Waals surface area contributed by atoms with Gasteiger partial charge in [0.25, 0.3) is 5.91 Å². The minimum atomic E-state index is -0.338. The van der Waals surface area contributed by atoms with E-state index in [1.165, 1.54) is 6.07 Å². The van der Waals surface area contributed by atoms with Crippen molar-refractivity contribution in [1.29, 1.82) is 0 Å². The molecular weight excluding hydrogens is 451 g/mol. The van der Waals surface area contributed by atoms with Crippen LogP contribution in [0.2, 0.25) is 0 Å². The van der Waals surface area contributed by atoms with E-state index >= 15 is 0 Å². The van der Waals surface area contributed by atoms with Crippen LogP contribution in [0.5, 0.6) is 0 Å². The summed E-state index contributed by atoms with van der Waals surface area (Å²) in [4.78, 5) is 20.9. The van der Waals surface area contributed by atoms with Gasteiger partial charge in [-0.05, 0) is 72.8 Å². The van der Waals surface area contributed by atoms with Crippen LogP contribution in [-0.2, 0) is 6.54 Å². The molecule has 5 nitrogen and oxygen atoms in total. The Labute approximate surface area is 212 Å². The molecule has 1 amide bonds. The molecule has 0 fully saturated rings. The van der Waals surface area contributed by atoms with Crippen LogP contribution in [0.3, 0.4) is 0 Å². The molecule has 1 unspecified atom stereocenters. The molecule has 1 aromatic heterocycles. The van der Waals surface area contributed by atoms with Gasteiger partial charge in [0, 0.05) is 18.7 Å². The van der Waals surface area contributed by atoms with E-state index in [4.69, 9.17) is 10.7 Å². The Morgan fingerprint density at radius 2 is 1.81 bits per heavy atom. The van der Waals surface area contributed by atoms with Crippen LogP contribution in [0, 0.1) is 18.2 Å². The summed E-state index contributed by atoms with van der Waals surface area (Å²) in [5.74, 6) is 0.462. The van der Waals surface area contributed by atoms with Crippen LogP contribution in [0.25, 0.3) is 11.0 Å². The van der Waals surface area contributed by atoms with E-state index in [1.54, 1.807) is 12.1 Å². The van der Waals surface area contributed by atoms with E-state index in [9.17, 15) is 9.18 Å². The van der Waals surface area contributed by atoms with Gasteiger partial charge in [0.15, 0.2) is 0 Å². The number of carbonyl (C=O) groups excluding carboxylic acids is 1. The third-order valence-electron chi connectivity index (χ3n) is 6.42. The highest BCUT2D eigenvalue weighted by Gasteiger charge is 2.38. The fourth-order valence-corrected chi connectivity index (χ4v) is 4.80. The largest absolute Gasteiger partial charge is 0.330 e. The first-order valence-corrected chi connectivity index (χ1v) is 12.5. The smallest absolute Gasteiger partial charge is 0.254 e. The Hall–Kier alpha value is -3.51. The molecule has 0 spiro atoms. The van der Waals surface area contributed by atoms with Gasteiger partial charge in [0.05, 0.1) is 17.1 Å². The molecule has 1 heterocycles. The molecule has 2 N–H and O–H groups in total. The number of amides is 1. The number of hydrogen-bond donors (Lipinski definition) is 1. The molecular formula is C30H35FN4O. The number of rotatable bonds is 8. The molecule has 1 atom stereocenters. The van der Waals surface area contributed by atoms with Crippen molar-refractivity contribution in [2.45, 2.75) is 46.7 Å². The molecule has 0 saturated heterocycles. The molecule has 3 aromatic carbocycles. The molecule has 0 aliphatic rings. The third kappa shape index (κ3) is 5.49. The summed E-state index contributed by atoms with van der Waals surface area (Å²) in [6.45, 7) is 9.86. The van der Waals surface area contributed by atoms with Crippen LogP contribution in [0.4, 0.5) is 4.39 Å². The standard InChI is InChI=1S/C30H35FN4O/c1-21-14-15-26-25(18-21)33-28(35(26)20-22-10-8-13-24(31)19-22)27(30(2,3)4)34(17-9-16-32)29(36)23-11-6-5-7-12-23/h5-8,10-15,18-19,27H,9,16-17,20,32H2,1-4H3. The summed E-state index contributed by atoms with van der Waals surface area (Å²) in [5.41, 5.74) is 9.96. The van der Waals surface area contributed by atoms with Gasteiger partial charge < -0.3 is 15.2 Å². The molecule has 0 bridgehead atoms.